The summed E-state index contributed by atoms with van der Waals surface area (Å²) in [6, 6.07) is 10.1. The van der Waals surface area contributed by atoms with E-state index in [0.717, 1.165) is 18.6 Å². The van der Waals surface area contributed by atoms with Gasteiger partial charge in [-0.25, -0.2) is 4.99 Å². The molecule has 2 aromatic rings. The zero-order valence-electron chi connectivity index (χ0n) is 18.7. The van der Waals surface area contributed by atoms with Gasteiger partial charge < -0.3 is 15.2 Å². The second-order valence-corrected chi connectivity index (χ2v) is 8.77. The molecule has 0 fully saturated rings. The Hall–Kier alpha value is -3.07. The van der Waals surface area contributed by atoms with Gasteiger partial charge in [0.05, 0.1) is 12.2 Å². The van der Waals surface area contributed by atoms with Crippen molar-refractivity contribution in [3.63, 3.8) is 0 Å². The highest BCUT2D eigenvalue weighted by molar-refractivity contribution is 6.07. The third-order valence-electron chi connectivity index (χ3n) is 6.00. The number of likely N-dealkylation sites (N-methyl/N-ethyl adjacent to an activating group) is 1. The fourth-order valence-electron chi connectivity index (χ4n) is 4.44. The van der Waals surface area contributed by atoms with E-state index in [1.807, 2.05) is 13.8 Å². The Bertz CT molecular complexity index is 1120. The van der Waals surface area contributed by atoms with Crippen molar-refractivity contribution in [2.24, 2.45) is 10.7 Å². The topological polar surface area (TPSA) is 77.2 Å². The molecule has 2 aliphatic heterocycles. The molecular weight excluding hydrogens is 435 g/mol. The van der Waals surface area contributed by atoms with Crippen LogP contribution in [0.2, 0.25) is 0 Å². The monoisotopic (exact) mass is 461 g/mol. The van der Waals surface area contributed by atoms with Crippen molar-refractivity contribution in [3.05, 3.63) is 53.6 Å². The summed E-state index contributed by atoms with van der Waals surface area (Å²) in [5, 5.41) is 0. The third kappa shape index (κ3) is 4.06. The molecule has 6 nitrogen and oxygen atoms in total. The lowest BCUT2D eigenvalue weighted by atomic mass is 9.76. The van der Waals surface area contributed by atoms with Crippen LogP contribution in [-0.4, -0.2) is 42.6 Å². The number of guanidine groups is 1. The largest absolute Gasteiger partial charge is 0.485 e. The van der Waals surface area contributed by atoms with Crippen molar-refractivity contribution < 1.29 is 27.4 Å². The number of rotatable bonds is 5. The summed E-state index contributed by atoms with van der Waals surface area (Å²) in [7, 11) is 1.55. The number of ether oxygens (including phenoxy) is 2. The van der Waals surface area contributed by atoms with E-state index >= 15 is 0 Å². The van der Waals surface area contributed by atoms with Crippen LogP contribution in [0.1, 0.15) is 37.8 Å². The van der Waals surface area contributed by atoms with Crippen molar-refractivity contribution in [2.45, 2.75) is 44.0 Å². The number of amides is 1. The minimum Gasteiger partial charge on any atom is -0.485 e. The fraction of sp³-hybridized carbons (Fsp3) is 0.417. The van der Waals surface area contributed by atoms with Gasteiger partial charge in [0.1, 0.15) is 11.4 Å². The highest BCUT2D eigenvalue weighted by Gasteiger charge is 2.56. The van der Waals surface area contributed by atoms with Gasteiger partial charge in [-0.3, -0.25) is 9.69 Å². The number of carbonyl (C=O) groups excluding carboxylic acids is 1. The number of carbonyl (C=O) groups is 1. The number of hydrogen-bond donors (Lipinski definition) is 1. The first-order valence-corrected chi connectivity index (χ1v) is 10.7. The van der Waals surface area contributed by atoms with Crippen LogP contribution < -0.4 is 10.5 Å². The predicted molar refractivity (Wildman–Crippen MR) is 118 cm³/mol. The number of hydrogen-bond acceptors (Lipinski definition) is 5. The number of nitrogens with two attached hydrogens (primary N) is 1. The zero-order valence-corrected chi connectivity index (χ0v) is 18.7. The number of alkyl halides is 3. The molecule has 0 saturated carbocycles. The molecule has 33 heavy (non-hydrogen) atoms. The zero-order chi connectivity index (χ0) is 24.0. The van der Waals surface area contributed by atoms with Crippen LogP contribution in [0.5, 0.6) is 5.75 Å². The first-order valence-electron chi connectivity index (χ1n) is 10.7. The molecule has 2 heterocycles. The standard InChI is InChI=1S/C24H26F3N3O3/c1-4-10-32-14-22(2)13-23(20(31)30(3)21(28)29-23)18-12-16(8-9-19(18)33-22)15-6-5-7-17(11-15)24(25,26)27/h5-9,11-12H,4,10,13-14H2,1-3H3,(H2,28,29)/t22-,23-/m0/s1. The average molecular weight is 461 g/mol. The van der Waals surface area contributed by atoms with Gasteiger partial charge in [-0.15, -0.1) is 0 Å². The number of aliphatic imine (C=N–C) groups is 1. The number of benzene rings is 2. The van der Waals surface area contributed by atoms with Crippen molar-refractivity contribution >= 4 is 11.9 Å². The van der Waals surface area contributed by atoms with Crippen LogP contribution in [0.25, 0.3) is 11.1 Å². The van der Waals surface area contributed by atoms with Crippen molar-refractivity contribution in [1.29, 1.82) is 0 Å². The molecule has 2 aliphatic rings. The van der Waals surface area contributed by atoms with Crippen LogP contribution in [0.4, 0.5) is 13.2 Å². The van der Waals surface area contributed by atoms with Gasteiger partial charge in [0.25, 0.3) is 5.91 Å². The predicted octanol–water partition coefficient (Wildman–Crippen LogP) is 4.32. The Morgan fingerprint density at radius 3 is 2.58 bits per heavy atom. The van der Waals surface area contributed by atoms with E-state index in [9.17, 15) is 18.0 Å². The van der Waals surface area contributed by atoms with Gasteiger partial charge in [-0.05, 0) is 48.7 Å². The van der Waals surface area contributed by atoms with Crippen LogP contribution in [0.3, 0.4) is 0 Å². The molecule has 9 heteroatoms. The second-order valence-electron chi connectivity index (χ2n) is 8.77. The molecule has 0 saturated heterocycles. The Morgan fingerprint density at radius 2 is 1.94 bits per heavy atom. The van der Waals surface area contributed by atoms with Gasteiger partial charge >= 0.3 is 6.18 Å². The molecule has 0 aromatic heterocycles. The summed E-state index contributed by atoms with van der Waals surface area (Å²) in [5.41, 5.74) is 4.45. The molecule has 1 spiro atoms. The lowest BCUT2D eigenvalue weighted by molar-refractivity contribution is -0.137. The lowest BCUT2D eigenvalue weighted by Crippen LogP contribution is -2.52. The Kier molecular flexibility index (Phi) is 5.64. The molecule has 176 valence electrons. The SMILES string of the molecule is CCCOC[C@]1(C)C[C@]2(N=C(N)N(C)C2=O)c2cc(-c3cccc(C(F)(F)F)c3)ccc2O1. The molecule has 0 unspecified atom stereocenters. The summed E-state index contributed by atoms with van der Waals surface area (Å²) >= 11 is 0. The highest BCUT2D eigenvalue weighted by Crippen LogP contribution is 2.50. The minimum atomic E-state index is -4.46. The molecule has 1 amide bonds. The van der Waals surface area contributed by atoms with Crippen LogP contribution in [-0.2, 0) is 21.2 Å². The molecule has 4 rings (SSSR count). The molecule has 0 bridgehead atoms. The van der Waals surface area contributed by atoms with Crippen LogP contribution >= 0.6 is 0 Å². The maximum Gasteiger partial charge on any atom is 0.416 e. The molecular formula is C24H26F3N3O3. The fourth-order valence-corrected chi connectivity index (χ4v) is 4.44. The van der Waals surface area contributed by atoms with Gasteiger partial charge in [-0.2, -0.15) is 13.2 Å². The summed E-state index contributed by atoms with van der Waals surface area (Å²) in [4.78, 5) is 19.2. The summed E-state index contributed by atoms with van der Waals surface area (Å²) < 4.78 is 51.7. The van der Waals surface area contributed by atoms with Crippen molar-refractivity contribution in [3.8, 4) is 16.9 Å². The third-order valence-corrected chi connectivity index (χ3v) is 6.00. The molecule has 0 radical (unpaired) electrons. The lowest BCUT2D eigenvalue weighted by Gasteiger charge is -2.43. The summed E-state index contributed by atoms with van der Waals surface area (Å²) in [6.45, 7) is 4.65. The van der Waals surface area contributed by atoms with E-state index < -0.39 is 22.9 Å². The Labute approximate surface area is 190 Å². The van der Waals surface area contributed by atoms with E-state index in [4.69, 9.17) is 15.2 Å². The minimum absolute atomic E-state index is 0.0779. The van der Waals surface area contributed by atoms with Crippen LogP contribution in [0.15, 0.2) is 47.5 Å². The molecule has 2 atom stereocenters. The van der Waals surface area contributed by atoms with E-state index in [-0.39, 0.29) is 24.9 Å². The van der Waals surface area contributed by atoms with E-state index in [0.29, 0.717) is 29.0 Å². The second kappa shape index (κ2) is 8.06. The summed E-state index contributed by atoms with van der Waals surface area (Å²) in [5.74, 6) is 0.196. The maximum atomic E-state index is 13.4. The smallest absolute Gasteiger partial charge is 0.416 e. The Balaban J connectivity index is 1.82. The van der Waals surface area contributed by atoms with E-state index in [1.54, 1.807) is 31.3 Å². The molecule has 0 aliphatic carbocycles. The molecule has 2 aromatic carbocycles. The number of halogens is 3. The van der Waals surface area contributed by atoms with Gasteiger partial charge in [0.2, 0.25) is 0 Å². The van der Waals surface area contributed by atoms with E-state index in [2.05, 4.69) is 4.99 Å². The van der Waals surface area contributed by atoms with Gasteiger partial charge in [0, 0.05) is 25.6 Å². The maximum absolute atomic E-state index is 13.4. The number of nitrogens with zero attached hydrogens (tertiary/aromatic N) is 2. The van der Waals surface area contributed by atoms with Crippen molar-refractivity contribution in [1.82, 2.24) is 4.90 Å². The average Bonchev–Trinajstić information content (AvgIpc) is 2.97. The van der Waals surface area contributed by atoms with Crippen molar-refractivity contribution in [2.75, 3.05) is 20.3 Å². The first-order chi connectivity index (χ1) is 15.5. The van der Waals surface area contributed by atoms with Gasteiger partial charge in [0.15, 0.2) is 11.5 Å². The number of fused-ring (bicyclic) bond motifs is 2. The quantitative estimate of drug-likeness (QED) is 0.673. The first kappa shape index (κ1) is 23.1. The normalized spacial score (nSPS) is 24.6. The Morgan fingerprint density at radius 1 is 1.21 bits per heavy atom. The molecule has 2 N–H and O–H groups in total. The van der Waals surface area contributed by atoms with E-state index in [1.165, 1.54) is 11.0 Å². The highest BCUT2D eigenvalue weighted by atomic mass is 19.4. The summed E-state index contributed by atoms with van der Waals surface area (Å²) in [6.07, 6.45) is -3.44. The van der Waals surface area contributed by atoms with Gasteiger partial charge in [-0.1, -0.05) is 25.1 Å². The van der Waals surface area contributed by atoms with Crippen LogP contribution in [0, 0.1) is 0 Å².